The molecule has 1 aromatic rings. The molecule has 6 nitrogen and oxygen atoms in total. The van der Waals surface area contributed by atoms with Gasteiger partial charge in [-0.3, -0.25) is 14.7 Å². The van der Waals surface area contributed by atoms with Crippen LogP contribution in [0.2, 0.25) is 0 Å². The molecule has 1 aromatic heterocycles. The highest BCUT2D eigenvalue weighted by Gasteiger charge is 2.40. The molecule has 6 heteroatoms. The highest BCUT2D eigenvalue weighted by molar-refractivity contribution is 5.71. The molecule has 2 atom stereocenters. The summed E-state index contributed by atoms with van der Waals surface area (Å²) in [6.45, 7) is 5.55. The van der Waals surface area contributed by atoms with Gasteiger partial charge in [0.2, 0.25) is 0 Å². The van der Waals surface area contributed by atoms with Gasteiger partial charge in [-0.1, -0.05) is 6.07 Å². The largest absolute Gasteiger partial charge is 0.469 e. The van der Waals surface area contributed by atoms with Crippen LogP contribution in [0.25, 0.3) is 0 Å². The molecule has 0 bridgehead atoms. The van der Waals surface area contributed by atoms with E-state index >= 15 is 0 Å². The quantitative estimate of drug-likeness (QED) is 0.789. The van der Waals surface area contributed by atoms with Gasteiger partial charge >= 0.3 is 12.1 Å². The van der Waals surface area contributed by atoms with Gasteiger partial charge in [0, 0.05) is 24.9 Å². The van der Waals surface area contributed by atoms with Gasteiger partial charge in [0.15, 0.2) is 0 Å². The van der Waals surface area contributed by atoms with Crippen LogP contribution in [0, 0.1) is 0 Å². The molecule has 2 heterocycles. The zero-order valence-corrected chi connectivity index (χ0v) is 14.8. The molecular weight excluding hydrogens is 308 g/mol. The number of likely N-dealkylation sites (tertiary alicyclic amines) is 1. The molecule has 132 valence electrons. The van der Waals surface area contributed by atoms with Crippen LogP contribution in [-0.4, -0.2) is 40.7 Å². The zero-order valence-electron chi connectivity index (χ0n) is 14.8. The number of amides is 1. The number of ether oxygens (including phenoxy) is 2. The lowest BCUT2D eigenvalue weighted by Gasteiger charge is -2.32. The molecule has 2 rings (SSSR count). The second-order valence-corrected chi connectivity index (χ2v) is 7.04. The van der Waals surface area contributed by atoms with Gasteiger partial charge < -0.3 is 9.47 Å². The van der Waals surface area contributed by atoms with Crippen molar-refractivity contribution in [2.24, 2.45) is 0 Å². The minimum absolute atomic E-state index is 0.0378. The van der Waals surface area contributed by atoms with E-state index in [2.05, 4.69) is 4.98 Å². The SMILES string of the molecule is COC(=O)CC[C@H]1CC[C@@H](c2cccnc2)N1C(=O)OC(C)(C)C. The van der Waals surface area contributed by atoms with Crippen molar-refractivity contribution in [2.45, 2.75) is 64.1 Å². The van der Waals surface area contributed by atoms with Crippen molar-refractivity contribution in [1.82, 2.24) is 9.88 Å². The van der Waals surface area contributed by atoms with Crippen LogP contribution < -0.4 is 0 Å². The van der Waals surface area contributed by atoms with Gasteiger partial charge in [-0.05, 0) is 51.7 Å². The Bertz CT molecular complexity index is 568. The summed E-state index contributed by atoms with van der Waals surface area (Å²) in [6.07, 6.45) is 5.68. The van der Waals surface area contributed by atoms with Gasteiger partial charge in [-0.2, -0.15) is 0 Å². The maximum absolute atomic E-state index is 12.7. The first kappa shape index (κ1) is 18.2. The fourth-order valence-electron chi connectivity index (χ4n) is 3.04. The molecule has 1 fully saturated rings. The van der Waals surface area contributed by atoms with Crippen LogP contribution in [-0.2, 0) is 14.3 Å². The standard InChI is InChI=1S/C18H26N2O4/c1-18(2,3)24-17(22)20-14(8-10-16(21)23-4)7-9-15(20)13-6-5-11-19-12-13/h5-6,11-12,14-15H,7-10H2,1-4H3/t14-,15+/m1/s1. The van der Waals surface area contributed by atoms with Crippen molar-refractivity contribution >= 4 is 12.1 Å². The van der Waals surface area contributed by atoms with Crippen LogP contribution >= 0.6 is 0 Å². The van der Waals surface area contributed by atoms with Crippen molar-refractivity contribution in [1.29, 1.82) is 0 Å². The van der Waals surface area contributed by atoms with Gasteiger partial charge in [0.05, 0.1) is 13.2 Å². The van der Waals surface area contributed by atoms with Gasteiger partial charge in [0.25, 0.3) is 0 Å². The summed E-state index contributed by atoms with van der Waals surface area (Å²) in [6, 6.07) is 3.72. The summed E-state index contributed by atoms with van der Waals surface area (Å²) in [5.41, 5.74) is 0.426. The lowest BCUT2D eigenvalue weighted by molar-refractivity contribution is -0.141. The molecule has 0 unspecified atom stereocenters. The molecule has 0 saturated carbocycles. The number of pyridine rings is 1. The molecular formula is C18H26N2O4. The second-order valence-electron chi connectivity index (χ2n) is 7.04. The van der Waals surface area contributed by atoms with Crippen molar-refractivity contribution in [2.75, 3.05) is 7.11 Å². The first-order chi connectivity index (χ1) is 11.3. The van der Waals surface area contributed by atoms with Crippen LogP contribution in [0.3, 0.4) is 0 Å². The number of carbonyl (C=O) groups is 2. The average molecular weight is 334 g/mol. The minimum Gasteiger partial charge on any atom is -0.469 e. The summed E-state index contributed by atoms with van der Waals surface area (Å²) in [7, 11) is 1.38. The van der Waals surface area contributed by atoms with Gasteiger partial charge in [-0.25, -0.2) is 4.79 Å². The average Bonchev–Trinajstić information content (AvgIpc) is 2.95. The highest BCUT2D eigenvalue weighted by atomic mass is 16.6. The fraction of sp³-hybridized carbons (Fsp3) is 0.611. The van der Waals surface area contributed by atoms with Crippen LogP contribution in [0.1, 0.15) is 58.1 Å². The molecule has 24 heavy (non-hydrogen) atoms. The lowest BCUT2D eigenvalue weighted by atomic mass is 10.1. The molecule has 0 aromatic carbocycles. The van der Waals surface area contributed by atoms with Crippen molar-refractivity contribution in [3.8, 4) is 0 Å². The van der Waals surface area contributed by atoms with Crippen molar-refractivity contribution < 1.29 is 19.1 Å². The maximum atomic E-state index is 12.7. The number of carbonyl (C=O) groups excluding carboxylic acids is 2. The molecule has 0 N–H and O–H groups in total. The van der Waals surface area contributed by atoms with Crippen molar-refractivity contribution in [3.63, 3.8) is 0 Å². The Morgan fingerprint density at radius 2 is 2.08 bits per heavy atom. The van der Waals surface area contributed by atoms with E-state index in [1.54, 1.807) is 17.3 Å². The number of hydrogen-bond acceptors (Lipinski definition) is 5. The maximum Gasteiger partial charge on any atom is 0.411 e. The Hall–Kier alpha value is -2.11. The summed E-state index contributed by atoms with van der Waals surface area (Å²) < 4.78 is 10.3. The summed E-state index contributed by atoms with van der Waals surface area (Å²) >= 11 is 0. The number of aromatic nitrogens is 1. The van der Waals surface area contributed by atoms with E-state index in [9.17, 15) is 9.59 Å². The Labute approximate surface area is 143 Å². The van der Waals surface area contributed by atoms with E-state index in [0.717, 1.165) is 18.4 Å². The summed E-state index contributed by atoms with van der Waals surface area (Å²) in [5, 5.41) is 0. The van der Waals surface area contributed by atoms with E-state index in [-0.39, 0.29) is 24.1 Å². The molecule has 0 aliphatic carbocycles. The molecule has 1 aliphatic rings. The third-order valence-corrected chi connectivity index (χ3v) is 4.09. The van der Waals surface area contributed by atoms with Gasteiger partial charge in [0.1, 0.15) is 5.60 Å². The van der Waals surface area contributed by atoms with Crippen LogP contribution in [0.15, 0.2) is 24.5 Å². The first-order valence-electron chi connectivity index (χ1n) is 8.30. The van der Waals surface area contributed by atoms with Gasteiger partial charge in [-0.15, -0.1) is 0 Å². The van der Waals surface area contributed by atoms with E-state index in [1.807, 2.05) is 32.9 Å². The molecule has 1 amide bonds. The number of methoxy groups -OCH3 is 1. The van der Waals surface area contributed by atoms with E-state index in [0.29, 0.717) is 12.8 Å². The third kappa shape index (κ3) is 4.69. The second kappa shape index (κ2) is 7.64. The predicted octanol–water partition coefficient (Wildman–Crippen LogP) is 3.48. The Kier molecular flexibility index (Phi) is 5.80. The Balaban J connectivity index is 2.18. The van der Waals surface area contributed by atoms with E-state index in [4.69, 9.17) is 9.47 Å². The topological polar surface area (TPSA) is 68.7 Å². The first-order valence-corrected chi connectivity index (χ1v) is 8.30. The summed E-state index contributed by atoms with van der Waals surface area (Å²) in [5.74, 6) is -0.260. The van der Waals surface area contributed by atoms with Crippen LogP contribution in [0.4, 0.5) is 4.79 Å². The Morgan fingerprint density at radius 3 is 2.67 bits per heavy atom. The van der Waals surface area contributed by atoms with E-state index in [1.165, 1.54) is 7.11 Å². The molecule has 0 radical (unpaired) electrons. The normalized spacial score (nSPS) is 20.8. The van der Waals surface area contributed by atoms with Crippen molar-refractivity contribution in [3.05, 3.63) is 30.1 Å². The third-order valence-electron chi connectivity index (χ3n) is 4.09. The molecule has 1 aliphatic heterocycles. The number of hydrogen-bond donors (Lipinski definition) is 0. The summed E-state index contributed by atoms with van der Waals surface area (Å²) in [4.78, 5) is 30.1. The fourth-order valence-corrected chi connectivity index (χ4v) is 3.04. The number of rotatable bonds is 4. The van der Waals surface area contributed by atoms with Crippen LogP contribution in [0.5, 0.6) is 0 Å². The van der Waals surface area contributed by atoms with E-state index < -0.39 is 5.60 Å². The molecule has 0 spiro atoms. The monoisotopic (exact) mass is 334 g/mol. The minimum atomic E-state index is -0.563. The number of esters is 1. The predicted molar refractivity (Wildman–Crippen MR) is 89.3 cm³/mol. The zero-order chi connectivity index (χ0) is 17.7. The Morgan fingerprint density at radius 1 is 1.33 bits per heavy atom. The molecule has 1 saturated heterocycles. The lowest BCUT2D eigenvalue weighted by Crippen LogP contribution is -2.41. The smallest absolute Gasteiger partial charge is 0.411 e. The number of nitrogens with zero attached hydrogens (tertiary/aromatic N) is 2. The highest BCUT2D eigenvalue weighted by Crippen LogP contribution is 2.38.